The minimum absolute atomic E-state index is 0.116. The van der Waals surface area contributed by atoms with Gasteiger partial charge in [-0.1, -0.05) is 59.6 Å². The lowest BCUT2D eigenvalue weighted by atomic mass is 10.1. The Morgan fingerprint density at radius 3 is 2.48 bits per heavy atom. The quantitative estimate of drug-likeness (QED) is 0.659. The Morgan fingerprint density at radius 2 is 1.80 bits per heavy atom. The molecule has 0 N–H and O–H groups in total. The molecule has 0 amide bonds. The van der Waals surface area contributed by atoms with Crippen molar-refractivity contribution in [2.24, 2.45) is 0 Å². The van der Waals surface area contributed by atoms with Crippen molar-refractivity contribution in [2.45, 2.75) is 20.4 Å². The van der Waals surface area contributed by atoms with Crippen LogP contribution in [0, 0.1) is 6.92 Å². The zero-order valence-corrected chi connectivity index (χ0v) is 14.8. The molecule has 0 atom stereocenters. The van der Waals surface area contributed by atoms with Crippen molar-refractivity contribution in [3.05, 3.63) is 80.6 Å². The Morgan fingerprint density at radius 1 is 1.12 bits per heavy atom. The van der Waals surface area contributed by atoms with Crippen LogP contribution in [-0.4, -0.2) is 17.1 Å². The number of ether oxygens (including phenoxy) is 1. The van der Waals surface area contributed by atoms with E-state index in [-0.39, 0.29) is 17.2 Å². The summed E-state index contributed by atoms with van der Waals surface area (Å²) in [5.41, 5.74) is 2.24. The predicted octanol–water partition coefficient (Wildman–Crippen LogP) is 4.19. The molecule has 0 bridgehead atoms. The third kappa shape index (κ3) is 3.30. The van der Waals surface area contributed by atoms with Gasteiger partial charge in [-0.15, -0.1) is 0 Å². The van der Waals surface area contributed by atoms with Crippen molar-refractivity contribution < 1.29 is 9.53 Å². The van der Waals surface area contributed by atoms with Crippen LogP contribution in [0.15, 0.2) is 53.3 Å². The van der Waals surface area contributed by atoms with Gasteiger partial charge in [0.2, 0.25) is 0 Å². The van der Waals surface area contributed by atoms with Gasteiger partial charge < -0.3 is 9.30 Å². The number of rotatable bonds is 4. The summed E-state index contributed by atoms with van der Waals surface area (Å²) in [5.74, 6) is -0.694. The van der Waals surface area contributed by atoms with Gasteiger partial charge in [0, 0.05) is 5.39 Å². The van der Waals surface area contributed by atoms with Gasteiger partial charge in [-0.05, 0) is 25.5 Å². The highest BCUT2D eigenvalue weighted by Crippen LogP contribution is 2.26. The largest absolute Gasteiger partial charge is 0.462 e. The number of aromatic nitrogens is 1. The highest BCUT2D eigenvalue weighted by molar-refractivity contribution is 6.38. The minimum Gasteiger partial charge on any atom is -0.462 e. The van der Waals surface area contributed by atoms with E-state index in [1.54, 1.807) is 17.6 Å². The standard InChI is InChI=1S/C20H18ClNO3/c1-3-25-20(24)17-18(21)15-6-4-5-7-16(15)22(19(17)23)12-14-10-8-13(2)9-11-14/h4-11H,3,12H2,1-2H3. The van der Waals surface area contributed by atoms with Gasteiger partial charge in [-0.25, -0.2) is 4.79 Å². The summed E-state index contributed by atoms with van der Waals surface area (Å²) < 4.78 is 6.59. The van der Waals surface area contributed by atoms with E-state index in [4.69, 9.17) is 16.3 Å². The first-order valence-corrected chi connectivity index (χ1v) is 8.44. The number of pyridine rings is 1. The summed E-state index contributed by atoms with van der Waals surface area (Å²) in [4.78, 5) is 25.2. The lowest BCUT2D eigenvalue weighted by Gasteiger charge is -2.14. The summed E-state index contributed by atoms with van der Waals surface area (Å²) in [5, 5.41) is 0.790. The molecule has 0 saturated heterocycles. The van der Waals surface area contributed by atoms with Crippen LogP contribution < -0.4 is 5.56 Å². The van der Waals surface area contributed by atoms with E-state index in [1.807, 2.05) is 49.4 Å². The van der Waals surface area contributed by atoms with Crippen LogP contribution in [0.1, 0.15) is 28.4 Å². The molecule has 2 aromatic carbocycles. The van der Waals surface area contributed by atoms with Crippen LogP contribution in [0.3, 0.4) is 0 Å². The molecule has 0 aliphatic rings. The SMILES string of the molecule is CCOC(=O)c1c(Cl)c2ccccc2n(Cc2ccc(C)cc2)c1=O. The van der Waals surface area contributed by atoms with Crippen molar-refractivity contribution >= 4 is 28.5 Å². The molecule has 0 radical (unpaired) electrons. The maximum Gasteiger partial charge on any atom is 0.345 e. The van der Waals surface area contributed by atoms with Crippen LogP contribution in [0.4, 0.5) is 0 Å². The molecule has 128 valence electrons. The minimum atomic E-state index is -0.694. The molecule has 25 heavy (non-hydrogen) atoms. The summed E-state index contributed by atoms with van der Waals surface area (Å²) in [6, 6.07) is 15.2. The molecule has 3 rings (SSSR count). The van der Waals surface area contributed by atoms with E-state index in [2.05, 4.69) is 0 Å². The molecular weight excluding hydrogens is 338 g/mol. The first-order valence-electron chi connectivity index (χ1n) is 8.06. The number of carbonyl (C=O) groups is 1. The fourth-order valence-corrected chi connectivity index (χ4v) is 3.10. The van der Waals surface area contributed by atoms with Crippen molar-refractivity contribution in [1.29, 1.82) is 0 Å². The number of benzene rings is 2. The first kappa shape index (κ1) is 17.2. The van der Waals surface area contributed by atoms with Gasteiger partial charge in [0.25, 0.3) is 5.56 Å². The zero-order chi connectivity index (χ0) is 18.0. The molecule has 1 aromatic heterocycles. The molecule has 0 aliphatic heterocycles. The molecule has 5 heteroatoms. The van der Waals surface area contributed by atoms with Crippen LogP contribution in [0.5, 0.6) is 0 Å². The number of para-hydroxylation sites is 1. The Labute approximate surface area is 150 Å². The van der Waals surface area contributed by atoms with Crippen LogP contribution in [-0.2, 0) is 11.3 Å². The molecule has 0 spiro atoms. The van der Waals surface area contributed by atoms with Crippen molar-refractivity contribution in [1.82, 2.24) is 4.57 Å². The summed E-state index contributed by atoms with van der Waals surface area (Å²) in [6.45, 7) is 4.23. The van der Waals surface area contributed by atoms with Crippen molar-refractivity contribution in [3.8, 4) is 0 Å². The van der Waals surface area contributed by atoms with Gasteiger partial charge >= 0.3 is 5.97 Å². The number of hydrogen-bond acceptors (Lipinski definition) is 3. The van der Waals surface area contributed by atoms with Crippen molar-refractivity contribution in [3.63, 3.8) is 0 Å². The van der Waals surface area contributed by atoms with E-state index < -0.39 is 11.5 Å². The number of halogens is 1. The molecule has 0 fully saturated rings. The Balaban J connectivity index is 2.24. The second kappa shape index (κ2) is 7.11. The maximum absolute atomic E-state index is 13.0. The number of nitrogens with zero attached hydrogens (tertiary/aromatic N) is 1. The van der Waals surface area contributed by atoms with E-state index in [1.165, 1.54) is 0 Å². The Kier molecular flexibility index (Phi) is 4.91. The van der Waals surface area contributed by atoms with E-state index >= 15 is 0 Å². The highest BCUT2D eigenvalue weighted by atomic mass is 35.5. The topological polar surface area (TPSA) is 48.3 Å². The normalized spacial score (nSPS) is 10.8. The fourth-order valence-electron chi connectivity index (χ4n) is 2.78. The van der Waals surface area contributed by atoms with Crippen LogP contribution >= 0.6 is 11.6 Å². The molecule has 0 unspecified atom stereocenters. The average Bonchev–Trinajstić information content (AvgIpc) is 2.60. The highest BCUT2D eigenvalue weighted by Gasteiger charge is 2.22. The van der Waals surface area contributed by atoms with Gasteiger partial charge in [0.05, 0.1) is 23.7 Å². The predicted molar refractivity (Wildman–Crippen MR) is 99.5 cm³/mol. The van der Waals surface area contributed by atoms with Crippen molar-refractivity contribution in [2.75, 3.05) is 6.61 Å². The van der Waals surface area contributed by atoms with Gasteiger partial charge in [-0.2, -0.15) is 0 Å². The number of hydrogen-bond donors (Lipinski definition) is 0. The molecule has 0 saturated carbocycles. The number of aryl methyl sites for hydroxylation is 1. The number of carbonyl (C=O) groups excluding carboxylic acids is 1. The summed E-state index contributed by atoms with van der Waals surface area (Å²) in [7, 11) is 0. The van der Waals surface area contributed by atoms with E-state index in [9.17, 15) is 9.59 Å². The van der Waals surface area contributed by atoms with E-state index in [0.29, 0.717) is 17.4 Å². The van der Waals surface area contributed by atoms with Crippen LogP contribution in [0.25, 0.3) is 10.9 Å². The lowest BCUT2D eigenvalue weighted by molar-refractivity contribution is 0.0524. The fraction of sp³-hybridized carbons (Fsp3) is 0.200. The third-order valence-corrected chi connectivity index (χ3v) is 4.44. The maximum atomic E-state index is 13.0. The lowest BCUT2D eigenvalue weighted by Crippen LogP contribution is -2.29. The third-order valence-electron chi connectivity index (χ3n) is 4.05. The first-order chi connectivity index (χ1) is 12.0. The van der Waals surface area contributed by atoms with Gasteiger partial charge in [0.15, 0.2) is 0 Å². The zero-order valence-electron chi connectivity index (χ0n) is 14.1. The Bertz CT molecular complexity index is 990. The molecule has 0 aliphatic carbocycles. The average molecular weight is 356 g/mol. The monoisotopic (exact) mass is 355 g/mol. The van der Waals surface area contributed by atoms with E-state index in [0.717, 1.165) is 11.1 Å². The Hall–Kier alpha value is -2.59. The second-order valence-corrected chi connectivity index (χ2v) is 6.18. The molecular formula is C20H18ClNO3. The molecule has 1 heterocycles. The number of fused-ring (bicyclic) bond motifs is 1. The molecule has 4 nitrogen and oxygen atoms in total. The smallest absolute Gasteiger partial charge is 0.345 e. The second-order valence-electron chi connectivity index (χ2n) is 5.80. The molecule has 3 aromatic rings. The van der Waals surface area contributed by atoms with Gasteiger partial charge in [0.1, 0.15) is 5.56 Å². The summed E-state index contributed by atoms with van der Waals surface area (Å²) in [6.07, 6.45) is 0. The number of esters is 1. The van der Waals surface area contributed by atoms with Crippen LogP contribution in [0.2, 0.25) is 5.02 Å². The van der Waals surface area contributed by atoms with Gasteiger partial charge in [-0.3, -0.25) is 4.79 Å². The summed E-state index contributed by atoms with van der Waals surface area (Å²) >= 11 is 6.36.